The van der Waals surface area contributed by atoms with E-state index in [4.69, 9.17) is 0 Å². The molecule has 0 unspecified atom stereocenters. The molecule has 1 aliphatic heterocycles. The summed E-state index contributed by atoms with van der Waals surface area (Å²) in [5, 5.41) is 8.98. The van der Waals surface area contributed by atoms with E-state index in [2.05, 4.69) is 56.4 Å². The van der Waals surface area contributed by atoms with E-state index in [1.165, 1.54) is 32.1 Å². The van der Waals surface area contributed by atoms with Crippen LogP contribution in [0, 0.1) is 5.92 Å². The number of anilines is 1. The van der Waals surface area contributed by atoms with Gasteiger partial charge in [-0.15, -0.1) is 10.2 Å². The highest BCUT2D eigenvalue weighted by Crippen LogP contribution is 2.29. The molecule has 0 N–H and O–H groups in total. The molecule has 2 saturated carbocycles. The Morgan fingerprint density at radius 3 is 2.20 bits per heavy atom. The average Bonchev–Trinajstić information content (AvgIpc) is 3.66. The monoisotopic (exact) mass is 404 g/mol. The molecule has 2 aromatic rings. The number of benzene rings is 1. The summed E-state index contributed by atoms with van der Waals surface area (Å²) in [6.07, 6.45) is 9.17. The van der Waals surface area contributed by atoms with Gasteiger partial charge < -0.3 is 4.90 Å². The Bertz CT molecular complexity index is 846. The molecule has 1 aromatic heterocycles. The van der Waals surface area contributed by atoms with Crippen molar-refractivity contribution in [3.05, 3.63) is 42.0 Å². The zero-order valence-electron chi connectivity index (χ0n) is 17.8. The Morgan fingerprint density at radius 2 is 1.57 bits per heavy atom. The van der Waals surface area contributed by atoms with Crippen LogP contribution in [0.2, 0.25) is 0 Å². The molecule has 0 spiro atoms. The summed E-state index contributed by atoms with van der Waals surface area (Å²) in [5.41, 5.74) is 3.05. The Hall–Kier alpha value is -2.27. The van der Waals surface area contributed by atoms with Crippen molar-refractivity contribution >= 4 is 11.6 Å². The number of hydrogen-bond acceptors (Lipinski definition) is 5. The van der Waals surface area contributed by atoms with Gasteiger partial charge in [-0.25, -0.2) is 0 Å². The first-order chi connectivity index (χ1) is 14.8. The van der Waals surface area contributed by atoms with E-state index in [1.54, 1.807) is 0 Å². The van der Waals surface area contributed by atoms with Crippen LogP contribution < -0.4 is 4.90 Å². The third-order valence-electron chi connectivity index (χ3n) is 7.04. The van der Waals surface area contributed by atoms with Gasteiger partial charge in [-0.3, -0.25) is 9.69 Å². The van der Waals surface area contributed by atoms with E-state index < -0.39 is 0 Å². The molecule has 0 bridgehead atoms. The van der Waals surface area contributed by atoms with E-state index >= 15 is 0 Å². The normalized spacial score (nSPS) is 21.0. The molecule has 1 saturated heterocycles. The number of piperazine rings is 1. The predicted octanol–water partition coefficient (Wildman–Crippen LogP) is 4.12. The standard InChI is InChI=1S/C25H32N4O/c30-24(21-4-2-1-3-5-21)18-19-6-8-20(9-7-19)23-12-13-25(27-26-23)29-16-14-28(15-17-29)22-10-11-22/h6-9,12-13,21-22H,1-5,10-11,14-18H2. The van der Waals surface area contributed by atoms with Gasteiger partial charge in [0.15, 0.2) is 5.82 Å². The van der Waals surface area contributed by atoms with Crippen molar-refractivity contribution in [1.82, 2.24) is 15.1 Å². The molecule has 3 fully saturated rings. The molecule has 1 aromatic carbocycles. The van der Waals surface area contributed by atoms with Gasteiger partial charge in [-0.05, 0) is 43.4 Å². The summed E-state index contributed by atoms with van der Waals surface area (Å²) in [6.45, 7) is 4.34. The Morgan fingerprint density at radius 1 is 0.833 bits per heavy atom. The summed E-state index contributed by atoms with van der Waals surface area (Å²) in [4.78, 5) is 17.5. The van der Waals surface area contributed by atoms with Gasteiger partial charge in [-0.1, -0.05) is 43.5 Å². The van der Waals surface area contributed by atoms with Gasteiger partial charge in [0, 0.05) is 50.1 Å². The maximum absolute atomic E-state index is 12.5. The van der Waals surface area contributed by atoms with Crippen molar-refractivity contribution in [3.63, 3.8) is 0 Å². The number of carbonyl (C=O) groups excluding carboxylic acids is 1. The third kappa shape index (κ3) is 4.56. The fraction of sp³-hybridized carbons (Fsp3) is 0.560. The minimum Gasteiger partial charge on any atom is -0.353 e. The zero-order valence-corrected chi connectivity index (χ0v) is 17.8. The number of ketones is 1. The number of carbonyl (C=O) groups is 1. The van der Waals surface area contributed by atoms with Crippen molar-refractivity contribution < 1.29 is 4.79 Å². The van der Waals surface area contributed by atoms with Crippen LogP contribution in [-0.4, -0.2) is 53.1 Å². The van der Waals surface area contributed by atoms with Crippen molar-refractivity contribution in [2.24, 2.45) is 5.92 Å². The lowest BCUT2D eigenvalue weighted by atomic mass is 9.84. The maximum Gasteiger partial charge on any atom is 0.151 e. The van der Waals surface area contributed by atoms with Crippen LogP contribution in [0.15, 0.2) is 36.4 Å². The van der Waals surface area contributed by atoms with Crippen LogP contribution >= 0.6 is 0 Å². The highest BCUT2D eigenvalue weighted by molar-refractivity contribution is 5.83. The Kier molecular flexibility index (Phi) is 5.80. The molecule has 5 heteroatoms. The summed E-state index contributed by atoms with van der Waals surface area (Å²) in [7, 11) is 0. The first-order valence-electron chi connectivity index (χ1n) is 11.7. The molecule has 0 amide bonds. The van der Waals surface area contributed by atoms with Crippen LogP contribution in [0.4, 0.5) is 5.82 Å². The van der Waals surface area contributed by atoms with Crippen LogP contribution in [0.25, 0.3) is 11.3 Å². The van der Waals surface area contributed by atoms with E-state index in [-0.39, 0.29) is 5.92 Å². The maximum atomic E-state index is 12.5. The summed E-state index contributed by atoms with van der Waals surface area (Å²) >= 11 is 0. The first kappa shape index (κ1) is 19.7. The fourth-order valence-electron chi connectivity index (χ4n) is 4.97. The molecule has 0 atom stereocenters. The number of Topliss-reactive ketones (excluding diaryl/α,β-unsaturated/α-hetero) is 1. The second kappa shape index (κ2) is 8.84. The topological polar surface area (TPSA) is 49.3 Å². The number of rotatable bonds is 6. The number of nitrogens with zero attached hydrogens (tertiary/aromatic N) is 4. The molecule has 0 radical (unpaired) electrons. The van der Waals surface area contributed by atoms with Crippen molar-refractivity contribution in [3.8, 4) is 11.3 Å². The van der Waals surface area contributed by atoms with Crippen LogP contribution in [0.5, 0.6) is 0 Å². The summed E-state index contributed by atoms with van der Waals surface area (Å²) in [5.74, 6) is 1.67. The quantitative estimate of drug-likeness (QED) is 0.725. The number of hydrogen-bond donors (Lipinski definition) is 0. The van der Waals surface area contributed by atoms with Gasteiger partial charge in [-0.2, -0.15) is 0 Å². The molecule has 158 valence electrons. The lowest BCUT2D eigenvalue weighted by molar-refractivity contribution is -0.123. The number of aromatic nitrogens is 2. The van der Waals surface area contributed by atoms with Gasteiger partial charge in [0.25, 0.3) is 0 Å². The van der Waals surface area contributed by atoms with Crippen LogP contribution in [0.3, 0.4) is 0 Å². The minimum atomic E-state index is 0.281. The molecule has 2 aliphatic carbocycles. The van der Waals surface area contributed by atoms with E-state index in [9.17, 15) is 4.79 Å². The lowest BCUT2D eigenvalue weighted by Crippen LogP contribution is -2.47. The van der Waals surface area contributed by atoms with Crippen LogP contribution in [0.1, 0.15) is 50.5 Å². The minimum absolute atomic E-state index is 0.281. The molecule has 5 nitrogen and oxygen atoms in total. The van der Waals surface area contributed by atoms with Crippen LogP contribution in [-0.2, 0) is 11.2 Å². The predicted molar refractivity (Wildman–Crippen MR) is 120 cm³/mol. The molecular weight excluding hydrogens is 372 g/mol. The van der Waals surface area contributed by atoms with Gasteiger partial charge in [0.1, 0.15) is 5.78 Å². The van der Waals surface area contributed by atoms with E-state index in [0.29, 0.717) is 12.2 Å². The molecule has 3 aliphatic rings. The van der Waals surface area contributed by atoms with Crippen molar-refractivity contribution in [2.45, 2.75) is 57.4 Å². The second-order valence-electron chi connectivity index (χ2n) is 9.21. The average molecular weight is 405 g/mol. The zero-order chi connectivity index (χ0) is 20.3. The SMILES string of the molecule is O=C(Cc1ccc(-c2ccc(N3CCN(C4CC4)CC3)nn2)cc1)C1CCCCC1. The smallest absolute Gasteiger partial charge is 0.151 e. The Balaban J connectivity index is 1.18. The highest BCUT2D eigenvalue weighted by atomic mass is 16.1. The van der Waals surface area contributed by atoms with Gasteiger partial charge in [0.2, 0.25) is 0 Å². The summed E-state index contributed by atoms with van der Waals surface area (Å²) in [6, 6.07) is 13.3. The molecule has 5 rings (SSSR count). The van der Waals surface area contributed by atoms with Crippen molar-refractivity contribution in [2.75, 3.05) is 31.1 Å². The van der Waals surface area contributed by atoms with E-state index in [0.717, 1.165) is 67.7 Å². The van der Waals surface area contributed by atoms with E-state index in [1.807, 2.05) is 0 Å². The van der Waals surface area contributed by atoms with Crippen molar-refractivity contribution in [1.29, 1.82) is 0 Å². The first-order valence-corrected chi connectivity index (χ1v) is 11.7. The third-order valence-corrected chi connectivity index (χ3v) is 7.04. The molecule has 2 heterocycles. The van der Waals surface area contributed by atoms with Gasteiger partial charge in [0.05, 0.1) is 5.69 Å². The molecular formula is C25H32N4O. The fourth-order valence-corrected chi connectivity index (χ4v) is 4.97. The molecule has 30 heavy (non-hydrogen) atoms. The lowest BCUT2D eigenvalue weighted by Gasteiger charge is -2.35. The Labute approximate surface area is 179 Å². The highest BCUT2D eigenvalue weighted by Gasteiger charge is 2.31. The second-order valence-corrected chi connectivity index (χ2v) is 9.21. The largest absolute Gasteiger partial charge is 0.353 e. The van der Waals surface area contributed by atoms with Gasteiger partial charge >= 0.3 is 0 Å². The summed E-state index contributed by atoms with van der Waals surface area (Å²) < 4.78 is 0.